The number of hydrogen-bond acceptors (Lipinski definition) is 0. The van der Waals surface area contributed by atoms with Crippen LogP contribution in [0.3, 0.4) is 0 Å². The highest BCUT2D eigenvalue weighted by Crippen LogP contribution is 2.41. The van der Waals surface area contributed by atoms with Crippen LogP contribution in [0.5, 0.6) is 0 Å². The maximum Gasteiger partial charge on any atom is 0.0477 e. The van der Waals surface area contributed by atoms with E-state index in [4.69, 9.17) is 11.6 Å². The van der Waals surface area contributed by atoms with Crippen LogP contribution in [0.25, 0.3) is 16.7 Å². The molecule has 1 heteroatoms. The first kappa shape index (κ1) is 15.4. The lowest BCUT2D eigenvalue weighted by atomic mass is 9.82. The van der Waals surface area contributed by atoms with Crippen LogP contribution in [0.1, 0.15) is 55.5 Å². The number of halogens is 1. The zero-order valence-corrected chi connectivity index (χ0v) is 14.6. The van der Waals surface area contributed by atoms with Gasteiger partial charge in [-0.1, -0.05) is 57.2 Å². The van der Waals surface area contributed by atoms with Crippen LogP contribution in [-0.2, 0) is 17.7 Å². The molecule has 0 aliphatic heterocycles. The first-order valence-electron chi connectivity index (χ1n) is 7.82. The smallest absolute Gasteiger partial charge is 0.0477 e. The molecule has 2 aromatic carbocycles. The minimum Gasteiger partial charge on any atom is -0.122 e. The van der Waals surface area contributed by atoms with Gasteiger partial charge >= 0.3 is 0 Å². The van der Waals surface area contributed by atoms with Gasteiger partial charge < -0.3 is 0 Å². The van der Waals surface area contributed by atoms with Crippen molar-refractivity contribution in [2.24, 2.45) is 0 Å². The summed E-state index contributed by atoms with van der Waals surface area (Å²) in [6, 6.07) is 11.4. The molecule has 0 bridgehead atoms. The van der Waals surface area contributed by atoms with E-state index in [1.54, 1.807) is 0 Å². The molecule has 3 rings (SSSR count). The van der Waals surface area contributed by atoms with Crippen molar-refractivity contribution in [3.8, 4) is 11.1 Å². The molecule has 0 fully saturated rings. The van der Waals surface area contributed by atoms with E-state index in [2.05, 4.69) is 64.6 Å². The van der Waals surface area contributed by atoms with E-state index in [-0.39, 0.29) is 5.41 Å². The first-order chi connectivity index (χ1) is 10.3. The van der Waals surface area contributed by atoms with Crippen molar-refractivity contribution in [2.45, 2.75) is 45.4 Å². The summed E-state index contributed by atoms with van der Waals surface area (Å²) < 4.78 is 0. The summed E-state index contributed by atoms with van der Waals surface area (Å²) in [5.41, 5.74) is 10.6. The second kappa shape index (κ2) is 5.28. The van der Waals surface area contributed by atoms with Crippen molar-refractivity contribution in [3.05, 3.63) is 64.7 Å². The maximum atomic E-state index is 6.21. The van der Waals surface area contributed by atoms with E-state index < -0.39 is 0 Å². The number of hydrogen-bond donors (Lipinski definition) is 0. The molecule has 0 N–H and O–H groups in total. The van der Waals surface area contributed by atoms with Crippen molar-refractivity contribution in [1.29, 1.82) is 0 Å². The second-order valence-corrected chi connectivity index (χ2v) is 7.65. The van der Waals surface area contributed by atoms with Crippen molar-refractivity contribution in [3.63, 3.8) is 0 Å². The lowest BCUT2D eigenvalue weighted by Gasteiger charge is -2.24. The van der Waals surface area contributed by atoms with Gasteiger partial charge in [0.15, 0.2) is 0 Å². The van der Waals surface area contributed by atoms with Crippen LogP contribution in [0.2, 0.25) is 0 Å². The Hall–Kier alpha value is -1.53. The zero-order valence-electron chi connectivity index (χ0n) is 13.9. The fourth-order valence-electron chi connectivity index (χ4n) is 3.35. The molecule has 1 aliphatic carbocycles. The van der Waals surface area contributed by atoms with Crippen LogP contribution >= 0.6 is 11.6 Å². The first-order valence-corrected chi connectivity index (χ1v) is 8.36. The summed E-state index contributed by atoms with van der Waals surface area (Å²) in [6.45, 7) is 12.9. The summed E-state index contributed by atoms with van der Waals surface area (Å²) in [5, 5.41) is 0. The minimum absolute atomic E-state index is 0.105. The monoisotopic (exact) mass is 310 g/mol. The standard InChI is InChI=1S/C21H23Cl/c1-13(2)14-6-7-15-8-16-9-17(12-22)20(21(3,4)5)11-19(16)18(15)10-14/h6-7,9-11H,1,8,12H2,2-5H3. The molecule has 0 unspecified atom stereocenters. The van der Waals surface area contributed by atoms with Crippen LogP contribution in [-0.4, -0.2) is 0 Å². The van der Waals surface area contributed by atoms with Gasteiger partial charge in [0.2, 0.25) is 0 Å². The fourth-order valence-corrected chi connectivity index (χ4v) is 3.57. The molecule has 0 atom stereocenters. The van der Waals surface area contributed by atoms with Crippen LogP contribution < -0.4 is 0 Å². The summed E-state index contributed by atoms with van der Waals surface area (Å²) in [4.78, 5) is 0. The van der Waals surface area contributed by atoms with Gasteiger partial charge in [0.25, 0.3) is 0 Å². The molecule has 114 valence electrons. The predicted octanol–water partition coefficient (Wildman–Crippen LogP) is 6.33. The number of alkyl halides is 1. The Balaban J connectivity index is 2.21. The van der Waals surface area contributed by atoms with E-state index >= 15 is 0 Å². The third kappa shape index (κ3) is 2.50. The van der Waals surface area contributed by atoms with Crippen LogP contribution in [0, 0.1) is 0 Å². The SMILES string of the molecule is C=C(C)c1ccc2c(c1)-c1cc(C(C)(C)C)c(CCl)cc1C2. The third-order valence-electron chi connectivity index (χ3n) is 4.55. The lowest BCUT2D eigenvalue weighted by molar-refractivity contribution is 0.585. The lowest BCUT2D eigenvalue weighted by Crippen LogP contribution is -2.14. The second-order valence-electron chi connectivity index (χ2n) is 7.38. The zero-order chi connectivity index (χ0) is 16.1. The number of allylic oxidation sites excluding steroid dienone is 1. The van der Waals surface area contributed by atoms with Gasteiger partial charge in [0, 0.05) is 5.88 Å². The third-order valence-corrected chi connectivity index (χ3v) is 4.84. The molecule has 2 aromatic rings. The van der Waals surface area contributed by atoms with Crippen LogP contribution in [0.4, 0.5) is 0 Å². The Morgan fingerprint density at radius 3 is 2.36 bits per heavy atom. The van der Waals surface area contributed by atoms with Crippen LogP contribution in [0.15, 0.2) is 36.9 Å². The van der Waals surface area contributed by atoms with Crippen molar-refractivity contribution in [2.75, 3.05) is 0 Å². The van der Waals surface area contributed by atoms with E-state index in [1.165, 1.54) is 38.9 Å². The summed E-state index contributed by atoms with van der Waals surface area (Å²) in [6.07, 6.45) is 1.01. The van der Waals surface area contributed by atoms with E-state index in [0.717, 1.165) is 12.0 Å². The largest absolute Gasteiger partial charge is 0.122 e. The average molecular weight is 311 g/mol. The molecule has 0 amide bonds. The highest BCUT2D eigenvalue weighted by Gasteiger charge is 2.25. The minimum atomic E-state index is 0.105. The quantitative estimate of drug-likeness (QED) is 0.485. The Bertz CT molecular complexity index is 760. The topological polar surface area (TPSA) is 0 Å². The molecule has 0 spiro atoms. The number of benzene rings is 2. The predicted molar refractivity (Wildman–Crippen MR) is 97.6 cm³/mol. The highest BCUT2D eigenvalue weighted by atomic mass is 35.5. The molecular formula is C21H23Cl. The summed E-state index contributed by atoms with van der Waals surface area (Å²) in [7, 11) is 0. The molecule has 0 saturated heterocycles. The molecule has 0 aromatic heterocycles. The molecule has 0 heterocycles. The van der Waals surface area contributed by atoms with Gasteiger partial charge in [-0.2, -0.15) is 0 Å². The molecule has 0 nitrogen and oxygen atoms in total. The normalized spacial score (nSPS) is 13.0. The summed E-state index contributed by atoms with van der Waals surface area (Å²) in [5.74, 6) is 0.577. The molecular weight excluding hydrogens is 288 g/mol. The van der Waals surface area contributed by atoms with Gasteiger partial charge in [-0.05, 0) is 63.8 Å². The average Bonchev–Trinajstić information content (AvgIpc) is 2.81. The van der Waals surface area contributed by atoms with Gasteiger partial charge in [-0.15, -0.1) is 11.6 Å². The Labute approximate surface area is 138 Å². The summed E-state index contributed by atoms with van der Waals surface area (Å²) >= 11 is 6.21. The van der Waals surface area contributed by atoms with E-state index in [0.29, 0.717) is 5.88 Å². The maximum absolute atomic E-state index is 6.21. The van der Waals surface area contributed by atoms with Crippen molar-refractivity contribution in [1.82, 2.24) is 0 Å². The highest BCUT2D eigenvalue weighted by molar-refractivity contribution is 6.17. The van der Waals surface area contributed by atoms with Gasteiger partial charge in [0.1, 0.15) is 0 Å². The van der Waals surface area contributed by atoms with Gasteiger partial charge in [-0.25, -0.2) is 0 Å². The van der Waals surface area contributed by atoms with Gasteiger partial charge in [-0.3, -0.25) is 0 Å². The number of rotatable bonds is 2. The fraction of sp³-hybridized carbons (Fsp3) is 0.333. The Morgan fingerprint density at radius 1 is 1.09 bits per heavy atom. The molecule has 22 heavy (non-hydrogen) atoms. The molecule has 0 saturated carbocycles. The van der Waals surface area contributed by atoms with E-state index in [1.807, 2.05) is 0 Å². The number of fused-ring (bicyclic) bond motifs is 3. The van der Waals surface area contributed by atoms with Crippen molar-refractivity contribution < 1.29 is 0 Å². The van der Waals surface area contributed by atoms with Gasteiger partial charge in [0.05, 0.1) is 0 Å². The Morgan fingerprint density at radius 2 is 1.77 bits per heavy atom. The Kier molecular flexibility index (Phi) is 3.69. The van der Waals surface area contributed by atoms with E-state index in [9.17, 15) is 0 Å². The molecule has 0 radical (unpaired) electrons. The molecule has 1 aliphatic rings. The van der Waals surface area contributed by atoms with Crippen molar-refractivity contribution >= 4 is 17.2 Å².